The molecule has 110 valence electrons. The number of halogens is 1. The zero-order chi connectivity index (χ0) is 15.2. The van der Waals surface area contributed by atoms with Crippen LogP contribution in [0.5, 0.6) is 5.75 Å². The molecule has 4 nitrogen and oxygen atoms in total. The number of rotatable bonds is 5. The molecule has 0 radical (unpaired) electrons. The van der Waals surface area contributed by atoms with Gasteiger partial charge in [0.2, 0.25) is 0 Å². The molecule has 0 saturated carbocycles. The molecule has 2 aromatic carbocycles. The summed E-state index contributed by atoms with van der Waals surface area (Å²) in [5.41, 5.74) is 1.53. The molecule has 0 saturated heterocycles. The van der Waals surface area contributed by atoms with Crippen LogP contribution in [0.15, 0.2) is 53.0 Å². The number of nitrogens with one attached hydrogen (secondary N) is 1. The Labute approximate surface area is 131 Å². The van der Waals surface area contributed by atoms with Crippen molar-refractivity contribution in [3.8, 4) is 5.75 Å². The van der Waals surface area contributed by atoms with Gasteiger partial charge in [-0.25, -0.2) is 4.79 Å². The Morgan fingerprint density at radius 3 is 2.62 bits per heavy atom. The number of hydrogen-bond acceptors (Lipinski definition) is 4. The van der Waals surface area contributed by atoms with Gasteiger partial charge in [0.05, 0.1) is 6.61 Å². The minimum absolute atomic E-state index is 0.156. The van der Waals surface area contributed by atoms with E-state index >= 15 is 0 Å². The highest BCUT2D eigenvalue weighted by Crippen LogP contribution is 2.24. The van der Waals surface area contributed by atoms with Crippen molar-refractivity contribution in [3.63, 3.8) is 0 Å². The van der Waals surface area contributed by atoms with Gasteiger partial charge in [-0.3, -0.25) is 0 Å². The number of anilines is 1. The van der Waals surface area contributed by atoms with Gasteiger partial charge in [0.1, 0.15) is 5.75 Å². The summed E-state index contributed by atoms with van der Waals surface area (Å²) in [6.07, 6.45) is 0. The van der Waals surface area contributed by atoms with Crippen molar-refractivity contribution in [2.45, 2.75) is 13.0 Å². The first kappa shape index (κ1) is 15.4. The molecule has 0 aliphatic carbocycles. The standard InChI is InChI=1S/C16H16BrNO3/c1-2-21-16(20)15(11-6-8-14(19)9-7-11)18-13-5-3-4-12(17)10-13/h3-10,15,18-19H,2H2,1H3. The summed E-state index contributed by atoms with van der Waals surface area (Å²) in [4.78, 5) is 12.2. The first-order valence-electron chi connectivity index (χ1n) is 6.58. The summed E-state index contributed by atoms with van der Waals surface area (Å²) in [5, 5.41) is 12.5. The molecular formula is C16H16BrNO3. The number of carbonyl (C=O) groups is 1. The zero-order valence-corrected chi connectivity index (χ0v) is 13.1. The van der Waals surface area contributed by atoms with Gasteiger partial charge >= 0.3 is 5.97 Å². The van der Waals surface area contributed by atoms with Crippen molar-refractivity contribution in [2.75, 3.05) is 11.9 Å². The van der Waals surface area contributed by atoms with E-state index in [1.165, 1.54) is 0 Å². The van der Waals surface area contributed by atoms with Gasteiger partial charge in [0.25, 0.3) is 0 Å². The zero-order valence-electron chi connectivity index (χ0n) is 11.5. The SMILES string of the molecule is CCOC(=O)C(Nc1cccc(Br)c1)c1ccc(O)cc1. The van der Waals surface area contributed by atoms with Gasteiger partial charge in [0, 0.05) is 10.2 Å². The lowest BCUT2D eigenvalue weighted by Gasteiger charge is -2.19. The van der Waals surface area contributed by atoms with E-state index in [1.807, 2.05) is 24.3 Å². The van der Waals surface area contributed by atoms with E-state index in [0.29, 0.717) is 6.61 Å². The molecule has 0 heterocycles. The number of esters is 1. The lowest BCUT2D eigenvalue weighted by Crippen LogP contribution is -2.23. The fourth-order valence-corrected chi connectivity index (χ4v) is 2.31. The van der Waals surface area contributed by atoms with Gasteiger partial charge in [-0.05, 0) is 42.8 Å². The highest BCUT2D eigenvalue weighted by molar-refractivity contribution is 9.10. The molecule has 0 aliphatic rings. The molecule has 0 aliphatic heterocycles. The predicted molar refractivity (Wildman–Crippen MR) is 85.2 cm³/mol. The van der Waals surface area contributed by atoms with E-state index in [0.717, 1.165) is 15.7 Å². The molecular weight excluding hydrogens is 334 g/mol. The molecule has 1 unspecified atom stereocenters. The topological polar surface area (TPSA) is 58.6 Å². The highest BCUT2D eigenvalue weighted by Gasteiger charge is 2.21. The van der Waals surface area contributed by atoms with Crippen LogP contribution in [-0.2, 0) is 9.53 Å². The molecule has 2 rings (SSSR count). The Morgan fingerprint density at radius 1 is 1.29 bits per heavy atom. The maximum absolute atomic E-state index is 12.2. The van der Waals surface area contributed by atoms with Gasteiger partial charge in [-0.2, -0.15) is 0 Å². The van der Waals surface area contributed by atoms with Crippen molar-refractivity contribution in [1.82, 2.24) is 0 Å². The Morgan fingerprint density at radius 2 is 2.00 bits per heavy atom. The molecule has 0 spiro atoms. The quantitative estimate of drug-likeness (QED) is 0.804. The summed E-state index contributed by atoms with van der Waals surface area (Å²) >= 11 is 3.40. The lowest BCUT2D eigenvalue weighted by molar-refractivity contribution is -0.144. The summed E-state index contributed by atoms with van der Waals surface area (Å²) < 4.78 is 6.03. The smallest absolute Gasteiger partial charge is 0.333 e. The molecule has 0 bridgehead atoms. The second-order valence-electron chi connectivity index (χ2n) is 4.43. The van der Waals surface area contributed by atoms with Crippen LogP contribution >= 0.6 is 15.9 Å². The van der Waals surface area contributed by atoms with Crippen LogP contribution in [0.2, 0.25) is 0 Å². The molecule has 2 aromatic rings. The Bertz CT molecular complexity index is 613. The monoisotopic (exact) mass is 349 g/mol. The number of benzene rings is 2. The van der Waals surface area contributed by atoms with Crippen LogP contribution in [-0.4, -0.2) is 17.7 Å². The van der Waals surface area contributed by atoms with Crippen molar-refractivity contribution in [1.29, 1.82) is 0 Å². The third kappa shape index (κ3) is 4.23. The molecule has 0 aromatic heterocycles. The van der Waals surface area contributed by atoms with Crippen LogP contribution in [0.25, 0.3) is 0 Å². The fourth-order valence-electron chi connectivity index (χ4n) is 1.92. The summed E-state index contributed by atoms with van der Waals surface area (Å²) in [6.45, 7) is 2.08. The number of carbonyl (C=O) groups excluding carboxylic acids is 1. The Kier molecular flexibility index (Phi) is 5.22. The van der Waals surface area contributed by atoms with E-state index in [1.54, 1.807) is 31.2 Å². The molecule has 5 heteroatoms. The molecule has 0 fully saturated rings. The van der Waals surface area contributed by atoms with E-state index in [2.05, 4.69) is 21.2 Å². The predicted octanol–water partition coefficient (Wildman–Crippen LogP) is 3.87. The highest BCUT2D eigenvalue weighted by atomic mass is 79.9. The van der Waals surface area contributed by atoms with E-state index in [4.69, 9.17) is 4.74 Å². The van der Waals surface area contributed by atoms with Crippen molar-refractivity contribution in [3.05, 3.63) is 58.6 Å². The average Bonchev–Trinajstić information content (AvgIpc) is 2.46. The summed E-state index contributed by atoms with van der Waals surface area (Å²) in [7, 11) is 0. The van der Waals surface area contributed by atoms with E-state index in [-0.39, 0.29) is 11.7 Å². The van der Waals surface area contributed by atoms with Crippen molar-refractivity contribution >= 4 is 27.6 Å². The van der Waals surface area contributed by atoms with Gasteiger partial charge < -0.3 is 15.2 Å². The second-order valence-corrected chi connectivity index (χ2v) is 5.35. The minimum Gasteiger partial charge on any atom is -0.508 e. The van der Waals surface area contributed by atoms with Crippen LogP contribution in [0, 0.1) is 0 Å². The Balaban J connectivity index is 2.27. The molecule has 0 amide bonds. The first-order valence-corrected chi connectivity index (χ1v) is 7.37. The number of aromatic hydroxyl groups is 1. The van der Waals surface area contributed by atoms with Gasteiger partial charge in [0.15, 0.2) is 6.04 Å². The van der Waals surface area contributed by atoms with E-state index < -0.39 is 6.04 Å². The van der Waals surface area contributed by atoms with Gasteiger partial charge in [-0.15, -0.1) is 0 Å². The summed E-state index contributed by atoms with van der Waals surface area (Å²) in [6, 6.07) is 13.4. The van der Waals surface area contributed by atoms with Crippen LogP contribution < -0.4 is 5.32 Å². The molecule has 21 heavy (non-hydrogen) atoms. The maximum atomic E-state index is 12.2. The van der Waals surface area contributed by atoms with Crippen LogP contribution in [0.4, 0.5) is 5.69 Å². The fraction of sp³-hybridized carbons (Fsp3) is 0.188. The van der Waals surface area contributed by atoms with Crippen molar-refractivity contribution in [2.24, 2.45) is 0 Å². The Hall–Kier alpha value is -2.01. The number of phenolic OH excluding ortho intramolecular Hbond substituents is 1. The third-order valence-corrected chi connectivity index (χ3v) is 3.38. The molecule has 1 atom stereocenters. The van der Waals surface area contributed by atoms with Crippen LogP contribution in [0.3, 0.4) is 0 Å². The van der Waals surface area contributed by atoms with Crippen molar-refractivity contribution < 1.29 is 14.6 Å². The number of phenols is 1. The average molecular weight is 350 g/mol. The first-order chi connectivity index (χ1) is 10.1. The van der Waals surface area contributed by atoms with Crippen LogP contribution in [0.1, 0.15) is 18.5 Å². The largest absolute Gasteiger partial charge is 0.508 e. The van der Waals surface area contributed by atoms with E-state index in [9.17, 15) is 9.90 Å². The molecule has 2 N–H and O–H groups in total. The maximum Gasteiger partial charge on any atom is 0.333 e. The number of ether oxygens (including phenoxy) is 1. The second kappa shape index (κ2) is 7.13. The number of hydrogen-bond donors (Lipinski definition) is 2. The normalized spacial score (nSPS) is 11.7. The lowest BCUT2D eigenvalue weighted by atomic mass is 10.1. The van der Waals surface area contributed by atoms with Gasteiger partial charge in [-0.1, -0.05) is 34.1 Å². The minimum atomic E-state index is -0.625. The third-order valence-electron chi connectivity index (χ3n) is 2.88. The summed E-state index contributed by atoms with van der Waals surface area (Å²) in [5.74, 6) is -0.202.